The van der Waals surface area contributed by atoms with Gasteiger partial charge in [0.15, 0.2) is 0 Å². The number of fused-ring (bicyclic) bond motifs is 1. The first-order valence-corrected chi connectivity index (χ1v) is 10.8. The van der Waals surface area contributed by atoms with Crippen molar-refractivity contribution in [3.05, 3.63) is 32.6 Å². The molecule has 1 amide bonds. The number of carbonyl (C=O) groups excluding carboxylic acids is 1. The smallest absolute Gasteiger partial charge is 0.332 e. The highest BCUT2D eigenvalue weighted by Gasteiger charge is 2.21. The van der Waals surface area contributed by atoms with Crippen LogP contribution in [0.15, 0.2) is 20.7 Å². The van der Waals surface area contributed by atoms with Crippen LogP contribution in [-0.4, -0.2) is 31.8 Å². The van der Waals surface area contributed by atoms with Crippen molar-refractivity contribution >= 4 is 28.7 Å². The summed E-state index contributed by atoms with van der Waals surface area (Å²) >= 11 is 1.37. The summed E-state index contributed by atoms with van der Waals surface area (Å²) in [6.07, 6.45) is 6.89. The van der Waals surface area contributed by atoms with Crippen LogP contribution in [0.3, 0.4) is 0 Å². The SMILES string of the molecule is CC(C)Cc1cnc2c(c1SCC(=O)NC1CCCC1)c(=O)n(C)c(=O)n2C. The number of nitrogens with one attached hydrogen (secondary N) is 1. The van der Waals surface area contributed by atoms with Crippen molar-refractivity contribution in [1.82, 2.24) is 19.4 Å². The molecule has 0 atom stereocenters. The third-order valence-electron chi connectivity index (χ3n) is 5.19. The standard InChI is InChI=1S/C20H28N4O3S/c1-12(2)9-13-10-21-18-16(19(26)24(4)20(27)23(18)3)17(13)28-11-15(25)22-14-7-5-6-8-14/h10,12,14H,5-9,11H2,1-4H3,(H,22,25). The number of nitrogens with zero attached hydrogens (tertiary/aromatic N) is 3. The number of pyridine rings is 1. The Morgan fingerprint density at radius 3 is 2.57 bits per heavy atom. The van der Waals surface area contributed by atoms with Crippen LogP contribution < -0.4 is 16.6 Å². The van der Waals surface area contributed by atoms with Crippen molar-refractivity contribution in [1.29, 1.82) is 0 Å². The molecule has 1 saturated carbocycles. The van der Waals surface area contributed by atoms with Crippen LogP contribution in [0.5, 0.6) is 0 Å². The molecule has 3 rings (SSSR count). The number of aromatic nitrogens is 3. The number of hydrogen-bond acceptors (Lipinski definition) is 5. The van der Waals surface area contributed by atoms with Crippen molar-refractivity contribution in [3.63, 3.8) is 0 Å². The van der Waals surface area contributed by atoms with Gasteiger partial charge < -0.3 is 5.32 Å². The molecule has 0 saturated heterocycles. The Kier molecular flexibility index (Phi) is 6.27. The molecule has 0 aromatic carbocycles. The first-order valence-electron chi connectivity index (χ1n) is 9.79. The van der Waals surface area contributed by atoms with E-state index in [0.29, 0.717) is 17.0 Å². The van der Waals surface area contributed by atoms with Crippen LogP contribution in [0.4, 0.5) is 0 Å². The van der Waals surface area contributed by atoms with Gasteiger partial charge in [0.25, 0.3) is 5.56 Å². The van der Waals surface area contributed by atoms with E-state index >= 15 is 0 Å². The maximum Gasteiger partial charge on any atom is 0.332 e. The summed E-state index contributed by atoms with van der Waals surface area (Å²) in [5.41, 5.74) is 0.530. The molecule has 1 aliphatic carbocycles. The van der Waals surface area contributed by atoms with Crippen LogP contribution in [-0.2, 0) is 25.3 Å². The van der Waals surface area contributed by atoms with Gasteiger partial charge in [-0.25, -0.2) is 9.78 Å². The Hall–Kier alpha value is -2.09. The second kappa shape index (κ2) is 8.51. The lowest BCUT2D eigenvalue weighted by molar-refractivity contribution is -0.119. The van der Waals surface area contributed by atoms with E-state index in [-0.39, 0.29) is 23.3 Å². The Morgan fingerprint density at radius 2 is 1.93 bits per heavy atom. The minimum Gasteiger partial charge on any atom is -0.353 e. The Bertz CT molecular complexity index is 1000. The number of amides is 1. The van der Waals surface area contributed by atoms with Crippen molar-refractivity contribution in [2.75, 3.05) is 5.75 Å². The van der Waals surface area contributed by atoms with E-state index < -0.39 is 5.69 Å². The van der Waals surface area contributed by atoms with Gasteiger partial charge in [0.2, 0.25) is 5.91 Å². The maximum absolute atomic E-state index is 12.9. The van der Waals surface area contributed by atoms with Gasteiger partial charge in [-0.05, 0) is 30.7 Å². The van der Waals surface area contributed by atoms with Crippen LogP contribution in [0, 0.1) is 5.92 Å². The summed E-state index contributed by atoms with van der Waals surface area (Å²) in [4.78, 5) is 42.7. The van der Waals surface area contributed by atoms with E-state index in [1.165, 1.54) is 23.4 Å². The molecule has 0 radical (unpaired) electrons. The molecule has 1 fully saturated rings. The molecule has 2 aromatic rings. The molecule has 1 N–H and O–H groups in total. The van der Waals surface area contributed by atoms with E-state index in [9.17, 15) is 14.4 Å². The first-order chi connectivity index (χ1) is 13.3. The van der Waals surface area contributed by atoms with Crippen LogP contribution in [0.25, 0.3) is 11.0 Å². The van der Waals surface area contributed by atoms with E-state index in [1.807, 2.05) is 0 Å². The molecular weight excluding hydrogens is 376 g/mol. The normalized spacial score (nSPS) is 14.9. The second-order valence-corrected chi connectivity index (χ2v) is 8.94. The number of rotatable bonds is 6. The molecule has 0 bridgehead atoms. The average molecular weight is 405 g/mol. The van der Waals surface area contributed by atoms with Crippen molar-refractivity contribution in [2.45, 2.75) is 56.9 Å². The number of hydrogen-bond donors (Lipinski definition) is 1. The van der Waals surface area contributed by atoms with E-state index in [4.69, 9.17) is 0 Å². The largest absolute Gasteiger partial charge is 0.353 e. The number of thioether (sulfide) groups is 1. The van der Waals surface area contributed by atoms with E-state index in [0.717, 1.165) is 47.1 Å². The van der Waals surface area contributed by atoms with Gasteiger partial charge in [-0.1, -0.05) is 26.7 Å². The molecule has 2 aromatic heterocycles. The average Bonchev–Trinajstić information content (AvgIpc) is 3.15. The maximum atomic E-state index is 12.9. The lowest BCUT2D eigenvalue weighted by atomic mass is 10.0. The predicted molar refractivity (Wildman–Crippen MR) is 112 cm³/mol. The quantitative estimate of drug-likeness (QED) is 0.744. The molecule has 152 valence electrons. The molecule has 8 heteroatoms. The second-order valence-electron chi connectivity index (χ2n) is 7.95. The van der Waals surface area contributed by atoms with Gasteiger partial charge in [-0.2, -0.15) is 0 Å². The fourth-order valence-corrected chi connectivity index (χ4v) is 4.77. The zero-order valence-electron chi connectivity index (χ0n) is 16.9. The number of aryl methyl sites for hydroxylation is 1. The van der Waals surface area contributed by atoms with Crippen molar-refractivity contribution < 1.29 is 4.79 Å². The Labute approximate surface area is 168 Å². The third-order valence-corrected chi connectivity index (χ3v) is 6.35. The molecule has 28 heavy (non-hydrogen) atoms. The third kappa shape index (κ3) is 4.16. The van der Waals surface area contributed by atoms with Gasteiger partial charge in [-0.15, -0.1) is 11.8 Å². The van der Waals surface area contributed by atoms with Gasteiger partial charge in [0.05, 0.1) is 11.1 Å². The van der Waals surface area contributed by atoms with E-state index in [2.05, 4.69) is 24.1 Å². The van der Waals surface area contributed by atoms with Gasteiger partial charge >= 0.3 is 5.69 Å². The fraction of sp³-hybridized carbons (Fsp3) is 0.600. The van der Waals surface area contributed by atoms with Gasteiger partial charge in [0, 0.05) is 31.2 Å². The Balaban J connectivity index is 2.00. The van der Waals surface area contributed by atoms with Gasteiger partial charge in [0.1, 0.15) is 5.65 Å². The monoisotopic (exact) mass is 404 g/mol. The molecule has 0 aliphatic heterocycles. The Morgan fingerprint density at radius 1 is 1.25 bits per heavy atom. The summed E-state index contributed by atoms with van der Waals surface area (Å²) in [6.45, 7) is 4.20. The topological polar surface area (TPSA) is 86.0 Å². The highest BCUT2D eigenvalue weighted by molar-refractivity contribution is 8.00. The van der Waals surface area contributed by atoms with Crippen LogP contribution >= 0.6 is 11.8 Å². The molecule has 0 spiro atoms. The first kappa shape index (κ1) is 20.6. The summed E-state index contributed by atoms with van der Waals surface area (Å²) in [5, 5.41) is 3.51. The van der Waals surface area contributed by atoms with Crippen molar-refractivity contribution in [3.8, 4) is 0 Å². The number of carbonyl (C=O) groups is 1. The molecular formula is C20H28N4O3S. The van der Waals surface area contributed by atoms with Crippen LogP contribution in [0.2, 0.25) is 0 Å². The molecule has 1 aliphatic rings. The van der Waals surface area contributed by atoms with Crippen molar-refractivity contribution in [2.24, 2.45) is 20.0 Å². The zero-order valence-corrected chi connectivity index (χ0v) is 17.8. The van der Waals surface area contributed by atoms with Crippen LogP contribution in [0.1, 0.15) is 45.1 Å². The lowest BCUT2D eigenvalue weighted by Crippen LogP contribution is -2.37. The molecule has 2 heterocycles. The highest BCUT2D eigenvalue weighted by atomic mass is 32.2. The van der Waals surface area contributed by atoms with E-state index in [1.54, 1.807) is 13.2 Å². The predicted octanol–water partition coefficient (Wildman–Crippen LogP) is 1.98. The zero-order chi connectivity index (χ0) is 20.4. The van der Waals surface area contributed by atoms with Gasteiger partial charge in [-0.3, -0.25) is 18.7 Å². The summed E-state index contributed by atoms with van der Waals surface area (Å²) in [5.74, 6) is 0.605. The lowest BCUT2D eigenvalue weighted by Gasteiger charge is -2.16. The minimum atomic E-state index is -0.406. The summed E-state index contributed by atoms with van der Waals surface area (Å²) < 4.78 is 2.49. The minimum absolute atomic E-state index is 0.0148. The molecule has 0 unspecified atom stereocenters. The fourth-order valence-electron chi connectivity index (χ4n) is 3.77. The highest BCUT2D eigenvalue weighted by Crippen LogP contribution is 2.30. The molecule has 7 nitrogen and oxygen atoms in total. The summed E-state index contributed by atoms with van der Waals surface area (Å²) in [7, 11) is 3.08. The summed E-state index contributed by atoms with van der Waals surface area (Å²) in [6, 6.07) is 0.270.